The maximum Gasteiger partial charge on any atom is 0.238 e. The van der Waals surface area contributed by atoms with Crippen molar-refractivity contribution in [2.75, 3.05) is 6.54 Å². The van der Waals surface area contributed by atoms with Crippen molar-refractivity contribution in [2.45, 2.75) is 24.9 Å². The molecule has 1 aliphatic rings. The molecule has 3 N–H and O–H groups in total. The zero-order valence-electron chi connectivity index (χ0n) is 11.6. The van der Waals surface area contributed by atoms with Gasteiger partial charge in [-0.1, -0.05) is 12.1 Å². The van der Waals surface area contributed by atoms with Crippen LogP contribution in [0.1, 0.15) is 23.0 Å². The average molecular weight is 302 g/mol. The van der Waals surface area contributed by atoms with E-state index in [0.29, 0.717) is 6.54 Å². The van der Waals surface area contributed by atoms with Gasteiger partial charge in [0, 0.05) is 29.7 Å². The van der Waals surface area contributed by atoms with Gasteiger partial charge in [-0.05, 0) is 30.0 Å². The van der Waals surface area contributed by atoms with Crippen LogP contribution in [0.5, 0.6) is 0 Å². The van der Waals surface area contributed by atoms with Crippen LogP contribution in [-0.2, 0) is 11.2 Å². The number of nitrogens with one attached hydrogen (secondary N) is 3. The van der Waals surface area contributed by atoms with E-state index in [1.165, 1.54) is 4.88 Å². The fourth-order valence-electron chi connectivity index (χ4n) is 2.39. The molecule has 0 aromatic carbocycles. The quantitative estimate of drug-likeness (QED) is 0.781. The molecule has 1 saturated heterocycles. The van der Waals surface area contributed by atoms with Gasteiger partial charge in [0.15, 0.2) is 0 Å². The zero-order chi connectivity index (χ0) is 14.5. The molecule has 6 heteroatoms. The minimum absolute atomic E-state index is 0.0393. The van der Waals surface area contributed by atoms with Crippen molar-refractivity contribution in [3.63, 3.8) is 0 Å². The molecule has 2 aromatic heterocycles. The van der Waals surface area contributed by atoms with Crippen molar-refractivity contribution in [3.8, 4) is 0 Å². The lowest BCUT2D eigenvalue weighted by molar-refractivity contribution is -0.122. The van der Waals surface area contributed by atoms with Gasteiger partial charge in [0.2, 0.25) is 5.91 Å². The molecule has 0 saturated carbocycles. The van der Waals surface area contributed by atoms with E-state index in [1.807, 2.05) is 24.3 Å². The smallest absolute Gasteiger partial charge is 0.238 e. The first-order valence-electron chi connectivity index (χ1n) is 7.05. The number of pyridine rings is 1. The minimum Gasteiger partial charge on any atom is -0.354 e. The van der Waals surface area contributed by atoms with Gasteiger partial charge in [0.1, 0.15) is 6.04 Å². The van der Waals surface area contributed by atoms with Gasteiger partial charge in [-0.15, -0.1) is 11.3 Å². The van der Waals surface area contributed by atoms with Gasteiger partial charge in [0.25, 0.3) is 0 Å². The van der Waals surface area contributed by atoms with Gasteiger partial charge < -0.3 is 5.32 Å². The number of amides is 1. The predicted molar refractivity (Wildman–Crippen MR) is 82.7 cm³/mol. The lowest BCUT2D eigenvalue weighted by atomic mass is 10.1. The first-order valence-corrected chi connectivity index (χ1v) is 7.93. The average Bonchev–Trinajstić information content (AvgIpc) is 3.19. The molecule has 2 unspecified atom stereocenters. The van der Waals surface area contributed by atoms with E-state index in [-0.39, 0.29) is 18.0 Å². The summed E-state index contributed by atoms with van der Waals surface area (Å²) in [7, 11) is 0. The molecule has 2 aromatic rings. The van der Waals surface area contributed by atoms with Crippen LogP contribution in [0.4, 0.5) is 0 Å². The largest absolute Gasteiger partial charge is 0.354 e. The van der Waals surface area contributed by atoms with Crippen molar-refractivity contribution in [1.82, 2.24) is 21.2 Å². The molecular formula is C15H18N4OS. The first-order chi connectivity index (χ1) is 10.3. The number of rotatable bonds is 5. The van der Waals surface area contributed by atoms with E-state index in [4.69, 9.17) is 0 Å². The molecule has 110 valence electrons. The number of thiophene rings is 1. The van der Waals surface area contributed by atoms with E-state index >= 15 is 0 Å². The van der Waals surface area contributed by atoms with Gasteiger partial charge >= 0.3 is 0 Å². The third kappa shape index (κ3) is 3.66. The Balaban J connectivity index is 1.44. The van der Waals surface area contributed by atoms with Gasteiger partial charge in [-0.2, -0.15) is 0 Å². The summed E-state index contributed by atoms with van der Waals surface area (Å²) in [5.74, 6) is 0.0393. The van der Waals surface area contributed by atoms with Gasteiger partial charge in [0.05, 0.1) is 6.04 Å². The Morgan fingerprint density at radius 3 is 3.05 bits per heavy atom. The van der Waals surface area contributed by atoms with Crippen molar-refractivity contribution < 1.29 is 4.79 Å². The molecule has 3 heterocycles. The van der Waals surface area contributed by atoms with Crippen LogP contribution >= 0.6 is 11.3 Å². The lowest BCUT2D eigenvalue weighted by Gasteiger charge is -2.10. The van der Waals surface area contributed by atoms with E-state index < -0.39 is 0 Å². The Labute approximate surface area is 127 Å². The number of carbonyl (C=O) groups excluding carboxylic acids is 1. The molecule has 0 spiro atoms. The summed E-state index contributed by atoms with van der Waals surface area (Å²) in [5, 5.41) is 5.01. The van der Waals surface area contributed by atoms with Crippen molar-refractivity contribution in [1.29, 1.82) is 0 Å². The Morgan fingerprint density at radius 2 is 2.29 bits per heavy atom. The summed E-state index contributed by atoms with van der Waals surface area (Å²) in [4.78, 5) is 17.6. The monoisotopic (exact) mass is 302 g/mol. The van der Waals surface area contributed by atoms with Crippen LogP contribution in [0.15, 0.2) is 41.9 Å². The minimum atomic E-state index is -0.180. The van der Waals surface area contributed by atoms with Crippen molar-refractivity contribution >= 4 is 17.2 Å². The Bertz CT molecular complexity index is 573. The predicted octanol–water partition coefficient (Wildman–Crippen LogP) is 1.41. The Hall–Kier alpha value is -1.76. The number of hydrazine groups is 1. The molecule has 1 aliphatic heterocycles. The zero-order valence-corrected chi connectivity index (χ0v) is 12.4. The highest BCUT2D eigenvalue weighted by molar-refractivity contribution is 7.10. The maximum absolute atomic E-state index is 12.1. The van der Waals surface area contributed by atoms with Crippen molar-refractivity contribution in [2.24, 2.45) is 0 Å². The molecule has 21 heavy (non-hydrogen) atoms. The molecule has 3 rings (SSSR count). The van der Waals surface area contributed by atoms with Crippen molar-refractivity contribution in [3.05, 3.63) is 52.5 Å². The highest BCUT2D eigenvalue weighted by Gasteiger charge is 2.30. The second-order valence-corrected chi connectivity index (χ2v) is 5.99. The summed E-state index contributed by atoms with van der Waals surface area (Å²) in [6.45, 7) is 0.609. The molecular weight excluding hydrogens is 284 g/mol. The SMILES string of the molecule is O=C(NCCc1ccccn1)C1CC(c2cccs2)NN1. The summed E-state index contributed by atoms with van der Waals surface area (Å²) >= 11 is 1.71. The topological polar surface area (TPSA) is 66.0 Å². The van der Waals surface area contributed by atoms with E-state index in [0.717, 1.165) is 18.5 Å². The Morgan fingerprint density at radius 1 is 1.33 bits per heavy atom. The second-order valence-electron chi connectivity index (χ2n) is 5.01. The lowest BCUT2D eigenvalue weighted by Crippen LogP contribution is -2.43. The second kappa shape index (κ2) is 6.80. The van der Waals surface area contributed by atoms with Crippen LogP contribution < -0.4 is 16.2 Å². The standard InChI is InChI=1S/C15H18N4OS/c20-15(17-8-6-11-4-1-2-7-16-11)13-10-12(18-19-13)14-5-3-9-21-14/h1-5,7,9,12-13,18-19H,6,8,10H2,(H,17,20). The highest BCUT2D eigenvalue weighted by atomic mass is 32.1. The Kier molecular flexibility index (Phi) is 4.59. The fraction of sp³-hybridized carbons (Fsp3) is 0.333. The normalized spacial score (nSPS) is 21.3. The molecule has 0 bridgehead atoms. The van der Waals surface area contributed by atoms with Crippen LogP contribution in [0.3, 0.4) is 0 Å². The van der Waals surface area contributed by atoms with Gasteiger partial charge in [-0.3, -0.25) is 9.78 Å². The summed E-state index contributed by atoms with van der Waals surface area (Å²) in [6.07, 6.45) is 3.29. The third-order valence-corrected chi connectivity index (χ3v) is 4.50. The van der Waals surface area contributed by atoms with Gasteiger partial charge in [-0.25, -0.2) is 10.9 Å². The third-order valence-electron chi connectivity index (χ3n) is 3.51. The number of hydrogen-bond donors (Lipinski definition) is 3. The van der Waals surface area contributed by atoms with Crippen LogP contribution in [-0.4, -0.2) is 23.5 Å². The van der Waals surface area contributed by atoms with Crippen LogP contribution in [0.25, 0.3) is 0 Å². The van der Waals surface area contributed by atoms with E-state index in [9.17, 15) is 4.79 Å². The van der Waals surface area contributed by atoms with E-state index in [1.54, 1.807) is 17.5 Å². The first kappa shape index (κ1) is 14.2. The number of carbonyl (C=O) groups is 1. The molecule has 2 atom stereocenters. The van der Waals surface area contributed by atoms with Crippen LogP contribution in [0, 0.1) is 0 Å². The molecule has 0 aliphatic carbocycles. The summed E-state index contributed by atoms with van der Waals surface area (Å²) < 4.78 is 0. The van der Waals surface area contributed by atoms with E-state index in [2.05, 4.69) is 32.6 Å². The summed E-state index contributed by atoms with van der Waals surface area (Å²) in [6, 6.07) is 9.97. The fourth-order valence-corrected chi connectivity index (χ4v) is 3.18. The number of nitrogens with zero attached hydrogens (tertiary/aromatic N) is 1. The number of aromatic nitrogens is 1. The summed E-state index contributed by atoms with van der Waals surface area (Å²) in [5.41, 5.74) is 7.25. The molecule has 0 radical (unpaired) electrons. The molecule has 1 fully saturated rings. The highest BCUT2D eigenvalue weighted by Crippen LogP contribution is 2.25. The maximum atomic E-state index is 12.1. The van der Waals surface area contributed by atoms with Crippen LogP contribution in [0.2, 0.25) is 0 Å². The molecule has 5 nitrogen and oxygen atoms in total. The number of hydrogen-bond acceptors (Lipinski definition) is 5. The molecule has 1 amide bonds.